The van der Waals surface area contributed by atoms with Crippen molar-refractivity contribution in [3.8, 4) is 5.75 Å². The van der Waals surface area contributed by atoms with Gasteiger partial charge in [0.05, 0.1) is 23.9 Å². The van der Waals surface area contributed by atoms with Crippen LogP contribution in [0.25, 0.3) is 10.9 Å². The Morgan fingerprint density at radius 2 is 1.87 bits per heavy atom. The zero-order valence-corrected chi connectivity index (χ0v) is 12.6. The van der Waals surface area contributed by atoms with Crippen molar-refractivity contribution in [1.29, 1.82) is 0 Å². The number of aliphatic hydroxyl groups excluding tert-OH is 1. The minimum absolute atomic E-state index is 0.352. The Bertz CT molecular complexity index is 833. The zero-order valence-electron chi connectivity index (χ0n) is 12.6. The monoisotopic (exact) mass is 307 g/mol. The normalized spacial score (nSPS) is 20.0. The lowest BCUT2D eigenvalue weighted by atomic mass is 10.0. The van der Waals surface area contributed by atoms with E-state index in [9.17, 15) is 5.11 Å². The first kappa shape index (κ1) is 14.2. The number of fused-ring (bicyclic) bond motifs is 2. The second-order valence-corrected chi connectivity index (χ2v) is 5.64. The molecule has 2 unspecified atom stereocenters. The van der Waals surface area contributed by atoms with E-state index in [1.54, 1.807) is 0 Å². The van der Waals surface area contributed by atoms with Crippen molar-refractivity contribution in [2.75, 3.05) is 0 Å². The van der Waals surface area contributed by atoms with Crippen molar-refractivity contribution in [2.45, 2.75) is 25.4 Å². The summed E-state index contributed by atoms with van der Waals surface area (Å²) in [5, 5.41) is 11.3. The van der Waals surface area contributed by atoms with Crippen molar-refractivity contribution >= 4 is 10.9 Å². The van der Waals surface area contributed by atoms with Crippen LogP contribution in [0.3, 0.4) is 0 Å². The van der Waals surface area contributed by atoms with Crippen LogP contribution in [0.5, 0.6) is 5.75 Å². The summed E-state index contributed by atoms with van der Waals surface area (Å²) in [4.78, 5) is 4.58. The third-order valence-corrected chi connectivity index (χ3v) is 4.03. The molecule has 3 aromatic rings. The Hall–Kier alpha value is -2.43. The molecule has 0 bridgehead atoms. The van der Waals surface area contributed by atoms with Gasteiger partial charge in [-0.2, -0.15) is 0 Å². The van der Waals surface area contributed by atoms with Gasteiger partial charge in [0.25, 0.3) is 0 Å². The van der Waals surface area contributed by atoms with Crippen LogP contribution in [0.1, 0.15) is 23.8 Å². The molecule has 1 aromatic heterocycles. The Morgan fingerprint density at radius 3 is 2.83 bits per heavy atom. The van der Waals surface area contributed by atoms with Gasteiger partial charge in [-0.25, -0.2) is 0 Å². The van der Waals surface area contributed by atoms with Gasteiger partial charge in [-0.3, -0.25) is 4.98 Å². The van der Waals surface area contributed by atoms with E-state index in [1.165, 1.54) is 0 Å². The molecule has 2 atom stereocenters. The predicted molar refractivity (Wildman–Crippen MR) is 87.0 cm³/mol. The predicted octanol–water partition coefficient (Wildman–Crippen LogP) is 3.59. The molecule has 4 heteroatoms. The fraction of sp³-hybridized carbons (Fsp3) is 0.211. The number of hydrogen-bond donors (Lipinski definition) is 1. The fourth-order valence-corrected chi connectivity index (χ4v) is 2.83. The first-order chi connectivity index (χ1) is 11.3. The molecule has 0 amide bonds. The first-order valence-corrected chi connectivity index (χ1v) is 7.69. The standard InChI is InChI=1S/C19H17NO3/c21-17-11-19(23-18-8-4-2-6-15(17)18)22-12-14-10-9-13-5-1-3-7-16(13)20-14/h1-10,17,19,21H,11-12H2. The average Bonchev–Trinajstić information content (AvgIpc) is 2.60. The quantitative estimate of drug-likeness (QED) is 0.803. The minimum atomic E-state index is -0.561. The smallest absolute Gasteiger partial charge is 0.203 e. The van der Waals surface area contributed by atoms with E-state index in [4.69, 9.17) is 9.47 Å². The van der Waals surface area contributed by atoms with Crippen molar-refractivity contribution in [3.05, 3.63) is 71.9 Å². The maximum absolute atomic E-state index is 10.2. The van der Waals surface area contributed by atoms with Crippen LogP contribution in [-0.2, 0) is 11.3 Å². The third kappa shape index (κ3) is 2.91. The van der Waals surface area contributed by atoms with Crippen molar-refractivity contribution < 1.29 is 14.6 Å². The highest BCUT2D eigenvalue weighted by atomic mass is 16.7. The summed E-state index contributed by atoms with van der Waals surface area (Å²) < 4.78 is 11.6. The van der Waals surface area contributed by atoms with Crippen molar-refractivity contribution in [2.24, 2.45) is 0 Å². The van der Waals surface area contributed by atoms with Gasteiger partial charge in [-0.05, 0) is 18.2 Å². The largest absolute Gasteiger partial charge is 0.464 e. The van der Waals surface area contributed by atoms with E-state index in [2.05, 4.69) is 4.98 Å². The van der Waals surface area contributed by atoms with Gasteiger partial charge in [-0.1, -0.05) is 42.5 Å². The summed E-state index contributed by atoms with van der Waals surface area (Å²) in [6.07, 6.45) is -0.604. The SMILES string of the molecule is OC1CC(OCc2ccc3ccccc3n2)Oc2ccccc21. The Kier molecular flexibility index (Phi) is 3.69. The molecule has 4 rings (SSSR count). The molecule has 23 heavy (non-hydrogen) atoms. The molecule has 1 aliphatic heterocycles. The van der Waals surface area contributed by atoms with Crippen LogP contribution in [-0.4, -0.2) is 16.4 Å². The number of benzene rings is 2. The molecule has 0 aliphatic carbocycles. The maximum Gasteiger partial charge on any atom is 0.203 e. The summed E-state index contributed by atoms with van der Waals surface area (Å²) in [6, 6.07) is 19.5. The molecule has 0 fully saturated rings. The number of aromatic nitrogens is 1. The van der Waals surface area contributed by atoms with Crippen LogP contribution < -0.4 is 4.74 Å². The first-order valence-electron chi connectivity index (χ1n) is 7.69. The van der Waals surface area contributed by atoms with Gasteiger partial charge in [-0.15, -0.1) is 0 Å². The molecule has 0 saturated carbocycles. The van der Waals surface area contributed by atoms with E-state index in [0.717, 1.165) is 22.2 Å². The lowest BCUT2D eigenvalue weighted by Gasteiger charge is -2.29. The average molecular weight is 307 g/mol. The summed E-state index contributed by atoms with van der Waals surface area (Å²) in [7, 11) is 0. The zero-order chi connectivity index (χ0) is 15.6. The Balaban J connectivity index is 1.46. The number of aliphatic hydroxyl groups is 1. The van der Waals surface area contributed by atoms with Crippen LogP contribution in [0.4, 0.5) is 0 Å². The second-order valence-electron chi connectivity index (χ2n) is 5.64. The highest BCUT2D eigenvalue weighted by Crippen LogP contribution is 2.34. The lowest BCUT2D eigenvalue weighted by molar-refractivity contribution is -0.123. The van der Waals surface area contributed by atoms with E-state index in [1.807, 2.05) is 60.7 Å². The molecule has 4 nitrogen and oxygen atoms in total. The molecule has 2 heterocycles. The van der Waals surface area contributed by atoms with Gasteiger partial charge < -0.3 is 14.6 Å². The van der Waals surface area contributed by atoms with Crippen LogP contribution in [0.15, 0.2) is 60.7 Å². The molecule has 1 N–H and O–H groups in total. The van der Waals surface area contributed by atoms with Gasteiger partial charge in [0.15, 0.2) is 0 Å². The lowest BCUT2D eigenvalue weighted by Crippen LogP contribution is -2.28. The molecular formula is C19H17NO3. The summed E-state index contributed by atoms with van der Waals surface area (Å²) in [6.45, 7) is 0.352. The van der Waals surface area contributed by atoms with Gasteiger partial charge >= 0.3 is 0 Å². The Morgan fingerprint density at radius 1 is 1.04 bits per heavy atom. The molecule has 0 spiro atoms. The maximum atomic E-state index is 10.2. The summed E-state index contributed by atoms with van der Waals surface area (Å²) >= 11 is 0. The van der Waals surface area contributed by atoms with Gasteiger partial charge in [0, 0.05) is 17.4 Å². The van der Waals surface area contributed by atoms with Gasteiger partial charge in [0.1, 0.15) is 5.75 Å². The second kappa shape index (κ2) is 5.99. The van der Waals surface area contributed by atoms with E-state index in [0.29, 0.717) is 18.8 Å². The fourth-order valence-electron chi connectivity index (χ4n) is 2.83. The number of para-hydroxylation sites is 2. The molecular weight excluding hydrogens is 290 g/mol. The molecule has 1 aliphatic rings. The van der Waals surface area contributed by atoms with Crippen LogP contribution in [0.2, 0.25) is 0 Å². The molecule has 116 valence electrons. The van der Waals surface area contributed by atoms with E-state index in [-0.39, 0.29) is 0 Å². The summed E-state index contributed by atoms with van der Waals surface area (Å²) in [5.41, 5.74) is 2.61. The van der Waals surface area contributed by atoms with E-state index < -0.39 is 12.4 Å². The Labute approximate surface area is 134 Å². The highest BCUT2D eigenvalue weighted by Gasteiger charge is 2.27. The topological polar surface area (TPSA) is 51.6 Å². The van der Waals surface area contributed by atoms with E-state index >= 15 is 0 Å². The number of rotatable bonds is 3. The number of pyridine rings is 1. The molecule has 0 radical (unpaired) electrons. The van der Waals surface area contributed by atoms with Crippen molar-refractivity contribution in [1.82, 2.24) is 4.98 Å². The minimum Gasteiger partial charge on any atom is -0.464 e. The molecule has 0 saturated heterocycles. The number of hydrogen-bond acceptors (Lipinski definition) is 4. The number of nitrogens with zero attached hydrogens (tertiary/aromatic N) is 1. The van der Waals surface area contributed by atoms with Crippen LogP contribution in [0, 0.1) is 0 Å². The molecule has 2 aromatic carbocycles. The van der Waals surface area contributed by atoms with Crippen LogP contribution >= 0.6 is 0 Å². The summed E-state index contributed by atoms with van der Waals surface area (Å²) in [5.74, 6) is 0.683. The highest BCUT2D eigenvalue weighted by molar-refractivity contribution is 5.78. The number of ether oxygens (including phenoxy) is 2. The van der Waals surface area contributed by atoms with Gasteiger partial charge in [0.2, 0.25) is 6.29 Å². The third-order valence-electron chi connectivity index (χ3n) is 4.03. The van der Waals surface area contributed by atoms with Crippen molar-refractivity contribution in [3.63, 3.8) is 0 Å².